The number of carbonyl (C=O) groups is 2. The van der Waals surface area contributed by atoms with Crippen molar-refractivity contribution in [2.45, 2.75) is 6.92 Å². The van der Waals surface area contributed by atoms with Gasteiger partial charge in [-0.2, -0.15) is 0 Å². The molecule has 0 spiro atoms. The second-order valence-electron chi connectivity index (χ2n) is 4.13. The molecule has 1 aromatic heterocycles. The highest BCUT2D eigenvalue weighted by Crippen LogP contribution is 2.23. The monoisotopic (exact) mass is 271 g/mol. The Hall–Kier alpha value is -2.69. The fraction of sp³-hybridized carbons (Fsp3) is 0.133. The fourth-order valence-corrected chi connectivity index (χ4v) is 1.64. The number of aldehydes is 1. The molecule has 0 aliphatic carbocycles. The number of pyridine rings is 1. The number of benzene rings is 1. The first-order valence-corrected chi connectivity index (χ1v) is 5.92. The maximum Gasteiger partial charge on any atom is 0.337 e. The minimum Gasteiger partial charge on any atom is -0.465 e. The van der Waals surface area contributed by atoms with Crippen LogP contribution in [0.5, 0.6) is 11.6 Å². The van der Waals surface area contributed by atoms with Crippen LogP contribution < -0.4 is 4.74 Å². The Morgan fingerprint density at radius 3 is 2.50 bits per heavy atom. The molecule has 0 bridgehead atoms. The zero-order chi connectivity index (χ0) is 14.5. The zero-order valence-corrected chi connectivity index (χ0v) is 11.1. The van der Waals surface area contributed by atoms with Crippen molar-refractivity contribution in [3.63, 3.8) is 0 Å². The Kier molecular flexibility index (Phi) is 4.10. The molecule has 0 saturated carbocycles. The lowest BCUT2D eigenvalue weighted by atomic mass is 10.2. The topological polar surface area (TPSA) is 65.5 Å². The van der Waals surface area contributed by atoms with E-state index < -0.39 is 5.97 Å². The van der Waals surface area contributed by atoms with Crippen molar-refractivity contribution < 1.29 is 19.1 Å². The van der Waals surface area contributed by atoms with Gasteiger partial charge in [0.15, 0.2) is 6.29 Å². The van der Waals surface area contributed by atoms with Gasteiger partial charge < -0.3 is 9.47 Å². The van der Waals surface area contributed by atoms with Gasteiger partial charge in [-0.15, -0.1) is 0 Å². The molecule has 102 valence electrons. The largest absolute Gasteiger partial charge is 0.465 e. The summed E-state index contributed by atoms with van der Waals surface area (Å²) in [6.07, 6.45) is 2.17. The van der Waals surface area contributed by atoms with Gasteiger partial charge in [0.1, 0.15) is 5.75 Å². The third kappa shape index (κ3) is 3.00. The highest BCUT2D eigenvalue weighted by atomic mass is 16.5. The van der Waals surface area contributed by atoms with E-state index in [1.807, 2.05) is 0 Å². The molecule has 2 aromatic rings. The Bertz CT molecular complexity index is 635. The maximum absolute atomic E-state index is 11.3. The van der Waals surface area contributed by atoms with E-state index in [2.05, 4.69) is 9.72 Å². The molecule has 0 fully saturated rings. The van der Waals surface area contributed by atoms with Gasteiger partial charge in [0.25, 0.3) is 0 Å². The van der Waals surface area contributed by atoms with Crippen molar-refractivity contribution in [2.24, 2.45) is 0 Å². The van der Waals surface area contributed by atoms with Crippen LogP contribution in [0.3, 0.4) is 0 Å². The predicted molar refractivity (Wildman–Crippen MR) is 72.2 cm³/mol. The SMILES string of the molecule is COC(=O)c1ccc(Oc2ncc(C=O)cc2C)cc1. The van der Waals surface area contributed by atoms with Gasteiger partial charge in [-0.25, -0.2) is 9.78 Å². The van der Waals surface area contributed by atoms with Crippen LogP contribution in [-0.2, 0) is 4.74 Å². The summed E-state index contributed by atoms with van der Waals surface area (Å²) in [5, 5.41) is 0. The Morgan fingerprint density at radius 2 is 1.95 bits per heavy atom. The van der Waals surface area contributed by atoms with E-state index in [0.29, 0.717) is 22.8 Å². The summed E-state index contributed by atoms with van der Waals surface area (Å²) in [6, 6.07) is 8.22. The summed E-state index contributed by atoms with van der Waals surface area (Å²) in [5.41, 5.74) is 1.70. The van der Waals surface area contributed by atoms with E-state index in [1.165, 1.54) is 13.3 Å². The van der Waals surface area contributed by atoms with Crippen molar-refractivity contribution in [3.8, 4) is 11.6 Å². The lowest BCUT2D eigenvalue weighted by Gasteiger charge is -2.08. The number of ether oxygens (including phenoxy) is 2. The molecule has 0 amide bonds. The van der Waals surface area contributed by atoms with Gasteiger partial charge in [0.2, 0.25) is 5.88 Å². The minimum atomic E-state index is -0.402. The first-order valence-electron chi connectivity index (χ1n) is 5.92. The molecule has 5 heteroatoms. The molecular weight excluding hydrogens is 258 g/mol. The van der Waals surface area contributed by atoms with Crippen LogP contribution in [0.2, 0.25) is 0 Å². The van der Waals surface area contributed by atoms with Crippen LogP contribution in [0, 0.1) is 6.92 Å². The first-order chi connectivity index (χ1) is 9.63. The number of hydrogen-bond donors (Lipinski definition) is 0. The van der Waals surface area contributed by atoms with Crippen molar-refractivity contribution in [3.05, 3.63) is 53.2 Å². The molecule has 0 aliphatic rings. The second-order valence-corrected chi connectivity index (χ2v) is 4.13. The van der Waals surface area contributed by atoms with Gasteiger partial charge >= 0.3 is 5.97 Å². The summed E-state index contributed by atoms with van der Waals surface area (Å²) in [5.74, 6) is 0.565. The van der Waals surface area contributed by atoms with Gasteiger partial charge in [-0.3, -0.25) is 4.79 Å². The van der Waals surface area contributed by atoms with Crippen molar-refractivity contribution in [1.82, 2.24) is 4.98 Å². The molecule has 0 saturated heterocycles. The number of rotatable bonds is 4. The number of carbonyl (C=O) groups excluding carboxylic acids is 2. The van der Waals surface area contributed by atoms with E-state index in [0.717, 1.165) is 11.8 Å². The minimum absolute atomic E-state index is 0.402. The third-order valence-electron chi connectivity index (χ3n) is 2.68. The number of aromatic nitrogens is 1. The van der Waals surface area contributed by atoms with Crippen LogP contribution >= 0.6 is 0 Å². The molecule has 20 heavy (non-hydrogen) atoms. The van der Waals surface area contributed by atoms with Crippen molar-refractivity contribution in [1.29, 1.82) is 0 Å². The van der Waals surface area contributed by atoms with E-state index in [4.69, 9.17) is 4.74 Å². The standard InChI is InChI=1S/C15H13NO4/c1-10-7-11(9-17)8-16-14(10)20-13-5-3-12(4-6-13)15(18)19-2/h3-9H,1-2H3. The van der Waals surface area contributed by atoms with E-state index in [1.54, 1.807) is 37.3 Å². The molecule has 1 heterocycles. The number of nitrogens with zero attached hydrogens (tertiary/aromatic N) is 1. The normalized spacial score (nSPS) is 9.90. The van der Waals surface area contributed by atoms with Crippen LogP contribution in [0.15, 0.2) is 36.5 Å². The number of esters is 1. The van der Waals surface area contributed by atoms with Crippen LogP contribution in [0.4, 0.5) is 0 Å². The van der Waals surface area contributed by atoms with Crippen LogP contribution in [0.1, 0.15) is 26.3 Å². The highest BCUT2D eigenvalue weighted by molar-refractivity contribution is 5.89. The summed E-state index contributed by atoms with van der Waals surface area (Å²) < 4.78 is 10.2. The first kappa shape index (κ1) is 13.7. The van der Waals surface area contributed by atoms with E-state index >= 15 is 0 Å². The molecule has 0 radical (unpaired) electrons. The summed E-state index contributed by atoms with van der Waals surface area (Å²) in [6.45, 7) is 1.80. The third-order valence-corrected chi connectivity index (χ3v) is 2.68. The fourth-order valence-electron chi connectivity index (χ4n) is 1.64. The number of hydrogen-bond acceptors (Lipinski definition) is 5. The number of methoxy groups -OCH3 is 1. The number of aryl methyl sites for hydroxylation is 1. The molecule has 5 nitrogen and oxygen atoms in total. The van der Waals surface area contributed by atoms with E-state index in [-0.39, 0.29) is 0 Å². The van der Waals surface area contributed by atoms with Gasteiger partial charge in [0, 0.05) is 17.3 Å². The van der Waals surface area contributed by atoms with Gasteiger partial charge in [-0.05, 0) is 37.3 Å². The van der Waals surface area contributed by atoms with Crippen molar-refractivity contribution >= 4 is 12.3 Å². The summed E-state index contributed by atoms with van der Waals surface area (Å²) >= 11 is 0. The molecular formula is C15H13NO4. The lowest BCUT2D eigenvalue weighted by molar-refractivity contribution is 0.0600. The van der Waals surface area contributed by atoms with Crippen LogP contribution in [0.25, 0.3) is 0 Å². The second kappa shape index (κ2) is 5.97. The Morgan fingerprint density at radius 1 is 1.25 bits per heavy atom. The molecule has 0 unspecified atom stereocenters. The summed E-state index contributed by atoms with van der Waals surface area (Å²) in [4.78, 5) is 26.0. The molecule has 0 N–H and O–H groups in total. The quantitative estimate of drug-likeness (QED) is 0.632. The lowest BCUT2D eigenvalue weighted by Crippen LogP contribution is -2.00. The maximum atomic E-state index is 11.3. The Balaban J connectivity index is 2.18. The average Bonchev–Trinajstić information content (AvgIpc) is 2.49. The highest BCUT2D eigenvalue weighted by Gasteiger charge is 2.07. The zero-order valence-electron chi connectivity index (χ0n) is 11.1. The molecule has 1 aromatic carbocycles. The predicted octanol–water partition coefficient (Wildman–Crippen LogP) is 2.78. The van der Waals surface area contributed by atoms with Gasteiger partial charge in [0.05, 0.1) is 12.7 Å². The average molecular weight is 271 g/mol. The smallest absolute Gasteiger partial charge is 0.337 e. The van der Waals surface area contributed by atoms with Crippen LogP contribution in [-0.4, -0.2) is 24.3 Å². The molecule has 0 aliphatic heterocycles. The summed E-state index contributed by atoms with van der Waals surface area (Å²) in [7, 11) is 1.33. The van der Waals surface area contributed by atoms with Gasteiger partial charge in [-0.1, -0.05) is 0 Å². The van der Waals surface area contributed by atoms with E-state index in [9.17, 15) is 9.59 Å². The van der Waals surface area contributed by atoms with Crippen molar-refractivity contribution in [2.75, 3.05) is 7.11 Å². The molecule has 2 rings (SSSR count). The Labute approximate surface area is 116 Å². The molecule has 0 atom stereocenters.